The van der Waals surface area contributed by atoms with Crippen LogP contribution < -0.4 is 5.32 Å². The number of carbonyl (C=O) groups excluding carboxylic acids is 1. The van der Waals surface area contributed by atoms with Crippen molar-refractivity contribution in [3.8, 4) is 0 Å². The van der Waals surface area contributed by atoms with Crippen LogP contribution in [-0.4, -0.2) is 32.7 Å². The third-order valence-electron chi connectivity index (χ3n) is 4.56. The number of hydrogen-bond acceptors (Lipinski definition) is 3. The van der Waals surface area contributed by atoms with E-state index in [1.54, 1.807) is 13.0 Å². The van der Waals surface area contributed by atoms with Gasteiger partial charge in [0.05, 0.1) is 4.90 Å². The van der Waals surface area contributed by atoms with Gasteiger partial charge >= 0.3 is 0 Å². The van der Waals surface area contributed by atoms with E-state index in [-0.39, 0.29) is 10.8 Å². The summed E-state index contributed by atoms with van der Waals surface area (Å²) >= 11 is 0. The zero-order valence-corrected chi connectivity index (χ0v) is 17.2. The van der Waals surface area contributed by atoms with E-state index in [9.17, 15) is 13.2 Å². The molecule has 2 rings (SSSR count). The average Bonchev–Trinajstić information content (AvgIpc) is 2.52. The molecule has 0 unspecified atom stereocenters. The van der Waals surface area contributed by atoms with Gasteiger partial charge in [0.25, 0.3) is 5.91 Å². The van der Waals surface area contributed by atoms with Crippen LogP contribution in [0.2, 0.25) is 0 Å². The fourth-order valence-corrected chi connectivity index (χ4v) is 4.20. The van der Waals surface area contributed by atoms with Gasteiger partial charge in [-0.3, -0.25) is 4.79 Å². The Labute approximate surface area is 156 Å². The van der Waals surface area contributed by atoms with Crippen LogP contribution in [0.3, 0.4) is 0 Å². The number of nitrogens with one attached hydrogen (secondary N) is 1. The Morgan fingerprint density at radius 2 is 1.42 bits per heavy atom. The second-order valence-corrected chi connectivity index (χ2v) is 9.05. The number of amides is 1. The molecule has 0 heterocycles. The lowest BCUT2D eigenvalue weighted by Crippen LogP contribution is -2.24. The highest BCUT2D eigenvalue weighted by Gasteiger charge is 2.23. The van der Waals surface area contributed by atoms with E-state index in [2.05, 4.69) is 5.32 Å². The molecule has 0 atom stereocenters. The summed E-state index contributed by atoms with van der Waals surface area (Å²) in [6.07, 6.45) is 0. The molecule has 5 nitrogen and oxygen atoms in total. The Morgan fingerprint density at radius 3 is 1.92 bits per heavy atom. The third-order valence-corrected chi connectivity index (χ3v) is 6.50. The maximum Gasteiger partial charge on any atom is 0.255 e. The highest BCUT2D eigenvalue weighted by atomic mass is 32.2. The lowest BCUT2D eigenvalue weighted by Gasteiger charge is -2.17. The van der Waals surface area contributed by atoms with Crippen LogP contribution in [-0.2, 0) is 10.0 Å². The van der Waals surface area contributed by atoms with Gasteiger partial charge in [-0.1, -0.05) is 17.7 Å². The molecule has 6 heteroatoms. The van der Waals surface area contributed by atoms with Crippen LogP contribution in [0, 0.1) is 34.6 Å². The van der Waals surface area contributed by atoms with E-state index in [0.29, 0.717) is 11.1 Å². The molecule has 0 spiro atoms. The number of rotatable bonds is 4. The fraction of sp³-hybridized carbons (Fsp3) is 0.350. The lowest BCUT2D eigenvalue weighted by atomic mass is 10.0. The Morgan fingerprint density at radius 1 is 0.885 bits per heavy atom. The van der Waals surface area contributed by atoms with Crippen molar-refractivity contribution in [3.63, 3.8) is 0 Å². The molecule has 0 aromatic heterocycles. The first-order valence-corrected chi connectivity index (χ1v) is 9.82. The van der Waals surface area contributed by atoms with Gasteiger partial charge in [-0.15, -0.1) is 0 Å². The molecule has 1 amide bonds. The average molecular weight is 375 g/mol. The van der Waals surface area contributed by atoms with Crippen molar-refractivity contribution in [2.45, 2.75) is 39.5 Å². The SMILES string of the molecule is Cc1cc(C)c(NC(=O)c2cc(C)c(C)c(S(=O)(=O)N(C)C)c2)c(C)c1. The van der Waals surface area contributed by atoms with Crippen molar-refractivity contribution >= 4 is 21.6 Å². The molecule has 0 saturated carbocycles. The zero-order chi connectivity index (χ0) is 19.8. The van der Waals surface area contributed by atoms with E-state index in [1.807, 2.05) is 39.8 Å². The molecule has 140 valence electrons. The third kappa shape index (κ3) is 3.81. The van der Waals surface area contributed by atoms with E-state index in [0.717, 1.165) is 32.2 Å². The second kappa shape index (κ2) is 7.21. The number of nitrogens with zero attached hydrogens (tertiary/aromatic N) is 1. The molecule has 0 aliphatic carbocycles. The number of anilines is 1. The van der Waals surface area contributed by atoms with Crippen LogP contribution in [0.25, 0.3) is 0 Å². The van der Waals surface area contributed by atoms with Crippen molar-refractivity contribution in [2.75, 3.05) is 19.4 Å². The van der Waals surface area contributed by atoms with Gasteiger partial charge in [0.15, 0.2) is 0 Å². The Bertz CT molecular complexity index is 954. The van der Waals surface area contributed by atoms with E-state index >= 15 is 0 Å². The summed E-state index contributed by atoms with van der Waals surface area (Å²) in [7, 11) is -0.664. The standard InChI is InChI=1S/C20H26N2O3S/c1-12-8-14(3)19(15(4)9-12)21-20(23)17-10-13(2)16(5)18(11-17)26(24,25)22(6)7/h8-11H,1-7H3,(H,21,23). The summed E-state index contributed by atoms with van der Waals surface area (Å²) in [5.74, 6) is -0.321. The van der Waals surface area contributed by atoms with Gasteiger partial charge < -0.3 is 5.32 Å². The first kappa shape index (κ1) is 20.1. The number of carbonyl (C=O) groups is 1. The second-order valence-electron chi connectivity index (χ2n) is 6.93. The monoisotopic (exact) mass is 374 g/mol. The molecule has 0 aliphatic heterocycles. The predicted molar refractivity (Wildman–Crippen MR) is 105 cm³/mol. The highest BCUT2D eigenvalue weighted by molar-refractivity contribution is 7.89. The summed E-state index contributed by atoms with van der Waals surface area (Å²) in [5, 5.41) is 2.93. The van der Waals surface area contributed by atoms with Crippen molar-refractivity contribution in [1.82, 2.24) is 4.31 Å². The maximum absolute atomic E-state index is 12.8. The largest absolute Gasteiger partial charge is 0.322 e. The molecule has 1 N–H and O–H groups in total. The van der Waals surface area contributed by atoms with Crippen LogP contribution >= 0.6 is 0 Å². The number of aryl methyl sites for hydroxylation is 4. The Balaban J connectivity index is 2.50. The first-order valence-electron chi connectivity index (χ1n) is 8.38. The van der Waals surface area contributed by atoms with Crippen LogP contribution in [0.15, 0.2) is 29.2 Å². The number of sulfonamides is 1. The summed E-state index contributed by atoms with van der Waals surface area (Å²) in [6.45, 7) is 9.45. The van der Waals surface area contributed by atoms with Gasteiger partial charge in [0.1, 0.15) is 0 Å². The molecule has 2 aromatic rings. The first-order chi connectivity index (χ1) is 11.9. The minimum Gasteiger partial charge on any atom is -0.322 e. The van der Waals surface area contributed by atoms with Gasteiger partial charge in [0, 0.05) is 25.3 Å². The quantitative estimate of drug-likeness (QED) is 0.887. The lowest BCUT2D eigenvalue weighted by molar-refractivity contribution is 0.102. The van der Waals surface area contributed by atoms with E-state index < -0.39 is 10.0 Å². The summed E-state index contributed by atoms with van der Waals surface area (Å²) in [6, 6.07) is 7.18. The molecule has 0 fully saturated rings. The summed E-state index contributed by atoms with van der Waals surface area (Å²) in [5.41, 5.74) is 5.57. The zero-order valence-electron chi connectivity index (χ0n) is 16.4. The molecule has 0 saturated heterocycles. The molecule has 0 radical (unpaired) electrons. The number of hydrogen-bond donors (Lipinski definition) is 1. The topological polar surface area (TPSA) is 66.5 Å². The smallest absolute Gasteiger partial charge is 0.255 e. The normalized spacial score (nSPS) is 11.7. The minimum absolute atomic E-state index is 0.157. The van der Waals surface area contributed by atoms with Crippen LogP contribution in [0.1, 0.15) is 38.2 Å². The van der Waals surface area contributed by atoms with Crippen LogP contribution in [0.5, 0.6) is 0 Å². The van der Waals surface area contributed by atoms with E-state index in [4.69, 9.17) is 0 Å². The van der Waals surface area contributed by atoms with Crippen molar-refractivity contribution in [3.05, 3.63) is 57.6 Å². The minimum atomic E-state index is -3.63. The van der Waals surface area contributed by atoms with Gasteiger partial charge in [-0.25, -0.2) is 12.7 Å². The van der Waals surface area contributed by atoms with Gasteiger partial charge in [-0.2, -0.15) is 0 Å². The molecular formula is C20H26N2O3S. The Hall–Kier alpha value is -2.18. The maximum atomic E-state index is 12.8. The highest BCUT2D eigenvalue weighted by Crippen LogP contribution is 2.26. The molecule has 0 bridgehead atoms. The predicted octanol–water partition coefficient (Wildman–Crippen LogP) is 3.73. The Kier molecular flexibility index (Phi) is 5.58. The van der Waals surface area contributed by atoms with Gasteiger partial charge in [-0.05, 0) is 69.0 Å². The molecule has 26 heavy (non-hydrogen) atoms. The summed E-state index contributed by atoms with van der Waals surface area (Å²) < 4.78 is 26.3. The van der Waals surface area contributed by atoms with Crippen LogP contribution in [0.4, 0.5) is 5.69 Å². The summed E-state index contributed by atoms with van der Waals surface area (Å²) in [4.78, 5) is 13.0. The molecule has 0 aliphatic rings. The van der Waals surface area contributed by atoms with E-state index in [1.165, 1.54) is 20.2 Å². The molecule has 2 aromatic carbocycles. The fourth-order valence-electron chi connectivity index (χ4n) is 2.99. The number of benzene rings is 2. The van der Waals surface area contributed by atoms with Crippen molar-refractivity contribution in [2.24, 2.45) is 0 Å². The van der Waals surface area contributed by atoms with Gasteiger partial charge in [0.2, 0.25) is 10.0 Å². The van der Waals surface area contributed by atoms with Crippen molar-refractivity contribution < 1.29 is 13.2 Å². The molecular weight excluding hydrogens is 348 g/mol. The van der Waals surface area contributed by atoms with Crippen molar-refractivity contribution in [1.29, 1.82) is 0 Å².